The average Bonchev–Trinajstić information content (AvgIpc) is 1.71. The van der Waals surface area contributed by atoms with Gasteiger partial charge in [0.1, 0.15) is 0 Å². The van der Waals surface area contributed by atoms with E-state index in [1.807, 2.05) is 0 Å². The fourth-order valence-electron chi connectivity index (χ4n) is 0.144. The predicted molar refractivity (Wildman–Crippen MR) is 39.7 cm³/mol. The minimum Gasteiger partial charge on any atom is -0.313 e. The van der Waals surface area contributed by atoms with Gasteiger partial charge in [0, 0.05) is 0 Å². The van der Waals surface area contributed by atoms with Gasteiger partial charge in [-0.15, -0.1) is 0 Å². The van der Waals surface area contributed by atoms with E-state index in [4.69, 9.17) is 5.41 Å². The minimum atomic E-state index is 0.931. The summed E-state index contributed by atoms with van der Waals surface area (Å²) in [6.45, 7) is 6.31. The Morgan fingerprint density at radius 3 is 1.62 bits per heavy atom. The highest BCUT2D eigenvalue weighted by Crippen LogP contribution is 1.75. The van der Waals surface area contributed by atoms with E-state index < -0.39 is 0 Å². The zero-order valence-electron chi connectivity index (χ0n) is 6.20. The van der Waals surface area contributed by atoms with Gasteiger partial charge in [0.15, 0.2) is 0 Å². The lowest BCUT2D eigenvalue weighted by atomic mass is 10.4. The van der Waals surface area contributed by atoms with Crippen molar-refractivity contribution in [3.8, 4) is 0 Å². The Morgan fingerprint density at radius 1 is 1.25 bits per heavy atom. The van der Waals surface area contributed by atoms with Crippen molar-refractivity contribution >= 4 is 6.21 Å². The van der Waals surface area contributed by atoms with Crippen LogP contribution in [-0.4, -0.2) is 6.21 Å². The van der Waals surface area contributed by atoms with Crippen molar-refractivity contribution in [2.75, 3.05) is 0 Å². The standard InChI is InChI=1S/C4H9N.C3H8/c1-2-3-4-5;1-3-2/h4-5H,2-3H2,1H3;3H2,1-2H3. The van der Waals surface area contributed by atoms with Crippen LogP contribution < -0.4 is 0 Å². The maximum Gasteiger partial charge on any atom is -0.00479 e. The summed E-state index contributed by atoms with van der Waals surface area (Å²) in [6, 6.07) is 0. The van der Waals surface area contributed by atoms with Crippen LogP contribution in [0.5, 0.6) is 0 Å². The van der Waals surface area contributed by atoms with Crippen LogP contribution in [0.4, 0.5) is 0 Å². The van der Waals surface area contributed by atoms with Crippen LogP contribution in [0.15, 0.2) is 0 Å². The van der Waals surface area contributed by atoms with Gasteiger partial charge in [-0.2, -0.15) is 0 Å². The number of rotatable bonds is 2. The fraction of sp³-hybridized carbons (Fsp3) is 0.857. The molecule has 0 aliphatic rings. The third-order valence-electron chi connectivity index (χ3n) is 0.433. The molecule has 0 aromatic heterocycles. The molecular formula is C7H17N. The Bertz CT molecular complexity index is 33.4. The van der Waals surface area contributed by atoms with Crippen LogP contribution in [0.2, 0.25) is 0 Å². The average molecular weight is 115 g/mol. The smallest absolute Gasteiger partial charge is 0.00479 e. The van der Waals surface area contributed by atoms with Crippen LogP contribution in [-0.2, 0) is 0 Å². The van der Waals surface area contributed by atoms with Crippen LogP contribution in [0, 0.1) is 5.41 Å². The summed E-state index contributed by atoms with van der Waals surface area (Å²) < 4.78 is 0. The van der Waals surface area contributed by atoms with Crippen LogP contribution in [0.1, 0.15) is 40.0 Å². The van der Waals surface area contributed by atoms with E-state index in [1.54, 1.807) is 0 Å². The Morgan fingerprint density at radius 2 is 1.62 bits per heavy atom. The second-order valence-electron chi connectivity index (χ2n) is 1.70. The molecule has 0 aliphatic carbocycles. The lowest BCUT2D eigenvalue weighted by Crippen LogP contribution is -1.63. The van der Waals surface area contributed by atoms with Crippen molar-refractivity contribution in [3.63, 3.8) is 0 Å². The zero-order chi connectivity index (χ0) is 6.83. The van der Waals surface area contributed by atoms with Crippen molar-refractivity contribution in [2.45, 2.75) is 40.0 Å². The molecule has 1 N–H and O–H groups in total. The first-order chi connectivity index (χ1) is 3.83. The number of unbranched alkanes of at least 4 members (excludes halogenated alkanes) is 1. The Labute approximate surface area is 52.6 Å². The molecule has 1 nitrogen and oxygen atoms in total. The van der Waals surface area contributed by atoms with Crippen molar-refractivity contribution in [1.82, 2.24) is 0 Å². The van der Waals surface area contributed by atoms with Crippen molar-refractivity contribution in [3.05, 3.63) is 0 Å². The first kappa shape index (κ1) is 10.6. The van der Waals surface area contributed by atoms with Gasteiger partial charge >= 0.3 is 0 Å². The van der Waals surface area contributed by atoms with Gasteiger partial charge < -0.3 is 5.41 Å². The fourth-order valence-corrected chi connectivity index (χ4v) is 0.144. The SMILES string of the molecule is CCC.CCCC=N. The topological polar surface area (TPSA) is 23.9 Å². The number of nitrogens with one attached hydrogen (secondary N) is 1. The van der Waals surface area contributed by atoms with Crippen molar-refractivity contribution in [1.29, 1.82) is 5.41 Å². The first-order valence-corrected chi connectivity index (χ1v) is 3.32. The molecule has 0 fully saturated rings. The molecule has 0 spiro atoms. The Balaban J connectivity index is 0. The molecule has 0 saturated heterocycles. The number of hydrogen-bond acceptors (Lipinski definition) is 1. The van der Waals surface area contributed by atoms with Gasteiger partial charge in [0.05, 0.1) is 0 Å². The van der Waals surface area contributed by atoms with Gasteiger partial charge in [0.25, 0.3) is 0 Å². The van der Waals surface area contributed by atoms with E-state index in [2.05, 4.69) is 20.8 Å². The van der Waals surface area contributed by atoms with Gasteiger partial charge in [-0.1, -0.05) is 33.6 Å². The highest BCUT2D eigenvalue weighted by atomic mass is 14.3. The Kier molecular flexibility index (Phi) is 21.1. The molecule has 0 unspecified atom stereocenters. The molecular weight excluding hydrogens is 98.1 g/mol. The monoisotopic (exact) mass is 115 g/mol. The lowest BCUT2D eigenvalue weighted by Gasteiger charge is -1.71. The largest absolute Gasteiger partial charge is 0.313 e. The maximum absolute atomic E-state index is 6.48. The molecule has 0 rings (SSSR count). The first-order valence-electron chi connectivity index (χ1n) is 3.32. The summed E-state index contributed by atoms with van der Waals surface area (Å²) in [4.78, 5) is 0. The summed E-state index contributed by atoms with van der Waals surface area (Å²) in [7, 11) is 0. The van der Waals surface area contributed by atoms with Crippen LogP contribution in [0.3, 0.4) is 0 Å². The quantitative estimate of drug-likeness (QED) is 0.535. The third-order valence-corrected chi connectivity index (χ3v) is 0.433. The third kappa shape index (κ3) is 44.3. The Hall–Kier alpha value is -0.330. The van der Waals surface area contributed by atoms with E-state index in [0.717, 1.165) is 12.8 Å². The summed E-state index contributed by atoms with van der Waals surface area (Å²) in [5, 5.41) is 6.48. The summed E-state index contributed by atoms with van der Waals surface area (Å²) in [5.74, 6) is 0. The molecule has 0 radical (unpaired) electrons. The number of hydrogen-bond donors (Lipinski definition) is 1. The van der Waals surface area contributed by atoms with E-state index in [1.165, 1.54) is 12.6 Å². The lowest BCUT2D eigenvalue weighted by molar-refractivity contribution is 1.00. The molecule has 0 aliphatic heterocycles. The second kappa shape index (κ2) is 15.9. The van der Waals surface area contributed by atoms with E-state index in [9.17, 15) is 0 Å². The second-order valence-corrected chi connectivity index (χ2v) is 1.70. The molecule has 0 amide bonds. The van der Waals surface area contributed by atoms with Crippen LogP contribution >= 0.6 is 0 Å². The summed E-state index contributed by atoms with van der Waals surface area (Å²) in [6.07, 6.45) is 4.71. The minimum absolute atomic E-state index is 0.931. The highest BCUT2D eigenvalue weighted by molar-refractivity contribution is 5.52. The van der Waals surface area contributed by atoms with Crippen LogP contribution in [0.25, 0.3) is 0 Å². The van der Waals surface area contributed by atoms with Gasteiger partial charge in [-0.3, -0.25) is 0 Å². The summed E-state index contributed by atoms with van der Waals surface area (Å²) >= 11 is 0. The highest BCUT2D eigenvalue weighted by Gasteiger charge is 1.63. The molecule has 0 heterocycles. The summed E-state index contributed by atoms with van der Waals surface area (Å²) in [5.41, 5.74) is 0. The molecule has 0 saturated carbocycles. The molecule has 0 atom stereocenters. The normalized spacial score (nSPS) is 6.88. The molecule has 1 heteroatoms. The van der Waals surface area contributed by atoms with Gasteiger partial charge in [-0.05, 0) is 12.6 Å². The molecule has 0 aromatic rings. The van der Waals surface area contributed by atoms with E-state index in [0.29, 0.717) is 0 Å². The molecule has 50 valence electrons. The van der Waals surface area contributed by atoms with Crippen molar-refractivity contribution in [2.24, 2.45) is 0 Å². The van der Waals surface area contributed by atoms with Gasteiger partial charge in [-0.25, -0.2) is 0 Å². The molecule has 8 heavy (non-hydrogen) atoms. The van der Waals surface area contributed by atoms with E-state index >= 15 is 0 Å². The van der Waals surface area contributed by atoms with Crippen molar-refractivity contribution < 1.29 is 0 Å². The van der Waals surface area contributed by atoms with E-state index in [-0.39, 0.29) is 0 Å². The zero-order valence-corrected chi connectivity index (χ0v) is 6.20. The molecule has 0 bridgehead atoms. The molecule has 0 aromatic carbocycles. The predicted octanol–water partition coefficient (Wildman–Crippen LogP) is 2.85. The maximum atomic E-state index is 6.48. The van der Waals surface area contributed by atoms with Gasteiger partial charge in [0.2, 0.25) is 0 Å².